The lowest BCUT2D eigenvalue weighted by Crippen LogP contribution is -2.52. The van der Waals surface area contributed by atoms with Gasteiger partial charge in [0.25, 0.3) is 11.8 Å². The molecule has 2 aliphatic heterocycles. The van der Waals surface area contributed by atoms with Crippen LogP contribution < -0.4 is 16.4 Å². The van der Waals surface area contributed by atoms with Gasteiger partial charge < -0.3 is 16.0 Å². The topological polar surface area (TPSA) is 176 Å². The van der Waals surface area contributed by atoms with Gasteiger partial charge in [-0.25, -0.2) is 9.07 Å². The second-order valence-electron chi connectivity index (χ2n) is 8.27. The maximum Gasteiger partial charge on any atom is 0.277 e. The van der Waals surface area contributed by atoms with Crippen LogP contribution >= 0.6 is 0 Å². The lowest BCUT2D eigenvalue weighted by Gasteiger charge is -2.29. The molecule has 5 rings (SSSR count). The van der Waals surface area contributed by atoms with Crippen molar-refractivity contribution in [2.45, 2.75) is 25.4 Å². The summed E-state index contributed by atoms with van der Waals surface area (Å²) < 4.78 is 15.0. The van der Waals surface area contributed by atoms with Gasteiger partial charge in [-0.3, -0.25) is 24.5 Å². The first-order valence-corrected chi connectivity index (χ1v) is 10.8. The predicted octanol–water partition coefficient (Wildman–Crippen LogP) is 0.874. The molecular formula is C23H17FN8O4. The van der Waals surface area contributed by atoms with Crippen LogP contribution in [-0.4, -0.2) is 49.6 Å². The Kier molecular flexibility index (Phi) is 5.40. The summed E-state index contributed by atoms with van der Waals surface area (Å²) >= 11 is 0. The van der Waals surface area contributed by atoms with Gasteiger partial charge in [0.15, 0.2) is 5.69 Å². The SMILES string of the molecule is N#Cc1cc(NC(=O)c2cn(-c3ccc4c(c3)CN(C3CCC(=O)NC3=O)C4=O)nn2)c(N)cc1F. The molecule has 1 fully saturated rings. The monoisotopic (exact) mass is 488 g/mol. The number of hydrogen-bond acceptors (Lipinski definition) is 8. The van der Waals surface area contributed by atoms with E-state index in [1.807, 2.05) is 0 Å². The Hall–Kier alpha value is -5.12. The molecular weight excluding hydrogens is 471 g/mol. The van der Waals surface area contributed by atoms with Crippen LogP contribution in [0.4, 0.5) is 15.8 Å². The molecule has 2 aliphatic rings. The van der Waals surface area contributed by atoms with Crippen molar-refractivity contribution in [3.8, 4) is 11.8 Å². The number of nitrogen functional groups attached to an aromatic ring is 1. The van der Waals surface area contributed by atoms with Crippen molar-refractivity contribution < 1.29 is 23.6 Å². The van der Waals surface area contributed by atoms with Crippen molar-refractivity contribution >= 4 is 35.0 Å². The number of aromatic nitrogens is 3. The Morgan fingerprint density at radius 3 is 2.81 bits per heavy atom. The van der Waals surface area contributed by atoms with Crippen LogP contribution in [0.3, 0.4) is 0 Å². The number of nitrogens with two attached hydrogens (primary N) is 1. The Labute approximate surface area is 202 Å². The van der Waals surface area contributed by atoms with Gasteiger partial charge in [0.2, 0.25) is 11.8 Å². The molecule has 4 amide bonds. The number of imide groups is 1. The lowest BCUT2D eigenvalue weighted by molar-refractivity contribution is -0.136. The van der Waals surface area contributed by atoms with E-state index in [0.29, 0.717) is 16.8 Å². The number of fused-ring (bicyclic) bond motifs is 1. The van der Waals surface area contributed by atoms with Crippen LogP contribution in [-0.2, 0) is 16.1 Å². The van der Waals surface area contributed by atoms with Crippen molar-refractivity contribution in [2.75, 3.05) is 11.1 Å². The van der Waals surface area contributed by atoms with Crippen LogP contribution in [0.1, 0.15) is 44.8 Å². The third-order valence-corrected chi connectivity index (χ3v) is 6.01. The maximum atomic E-state index is 13.7. The number of carbonyl (C=O) groups is 4. The van der Waals surface area contributed by atoms with Gasteiger partial charge in [-0.05, 0) is 36.2 Å². The second-order valence-corrected chi connectivity index (χ2v) is 8.27. The zero-order valence-corrected chi connectivity index (χ0v) is 18.5. The molecule has 3 heterocycles. The zero-order chi connectivity index (χ0) is 25.6. The van der Waals surface area contributed by atoms with E-state index < -0.39 is 23.7 Å². The number of carbonyl (C=O) groups excluding carboxylic acids is 4. The minimum absolute atomic E-state index is 0.0529. The van der Waals surface area contributed by atoms with E-state index in [1.165, 1.54) is 15.8 Å². The number of anilines is 2. The van der Waals surface area contributed by atoms with Crippen molar-refractivity contribution in [3.63, 3.8) is 0 Å². The fourth-order valence-corrected chi connectivity index (χ4v) is 4.17. The first kappa shape index (κ1) is 22.7. The number of benzene rings is 2. The summed E-state index contributed by atoms with van der Waals surface area (Å²) in [6, 6.07) is 7.93. The number of piperidine rings is 1. The summed E-state index contributed by atoms with van der Waals surface area (Å²) in [4.78, 5) is 50.6. The third-order valence-electron chi connectivity index (χ3n) is 6.01. The molecule has 2 aromatic carbocycles. The summed E-state index contributed by atoms with van der Waals surface area (Å²) in [6.45, 7) is 0.182. The highest BCUT2D eigenvalue weighted by Gasteiger charge is 2.39. The van der Waals surface area contributed by atoms with Crippen LogP contribution in [0.25, 0.3) is 5.69 Å². The Bertz CT molecular complexity index is 1510. The van der Waals surface area contributed by atoms with Crippen molar-refractivity contribution in [3.05, 3.63) is 64.7 Å². The molecule has 1 saturated heterocycles. The van der Waals surface area contributed by atoms with Gasteiger partial charge in [0, 0.05) is 24.6 Å². The van der Waals surface area contributed by atoms with E-state index >= 15 is 0 Å². The fraction of sp³-hybridized carbons (Fsp3) is 0.174. The first-order valence-electron chi connectivity index (χ1n) is 10.8. The zero-order valence-electron chi connectivity index (χ0n) is 18.5. The molecule has 0 saturated carbocycles. The van der Waals surface area contributed by atoms with Gasteiger partial charge in [-0.2, -0.15) is 5.26 Å². The average Bonchev–Trinajstić information content (AvgIpc) is 3.46. The summed E-state index contributed by atoms with van der Waals surface area (Å²) in [5, 5.41) is 21.5. The number of nitriles is 1. The molecule has 1 unspecified atom stereocenters. The van der Waals surface area contributed by atoms with Crippen LogP contribution in [0.15, 0.2) is 36.5 Å². The smallest absolute Gasteiger partial charge is 0.277 e. The van der Waals surface area contributed by atoms with E-state index in [-0.39, 0.29) is 53.8 Å². The molecule has 4 N–H and O–H groups in total. The number of amides is 4. The number of rotatable bonds is 4. The number of nitrogens with zero attached hydrogens (tertiary/aromatic N) is 5. The molecule has 1 aromatic heterocycles. The highest BCUT2D eigenvalue weighted by atomic mass is 19.1. The largest absolute Gasteiger partial charge is 0.397 e. The van der Waals surface area contributed by atoms with E-state index in [4.69, 9.17) is 11.0 Å². The highest BCUT2D eigenvalue weighted by molar-refractivity contribution is 6.06. The van der Waals surface area contributed by atoms with Crippen molar-refractivity contribution in [1.29, 1.82) is 5.26 Å². The standard InChI is InChI=1S/C23H17FN8O4/c24-15-7-16(26)17(6-11(15)8-25)27-21(34)18-10-32(30-29-18)13-1-2-14-12(5-13)9-31(23(14)36)19-3-4-20(33)28-22(19)35/h1-2,5-7,10,19H,3-4,9,26H2,(H,27,34)(H,28,33,35). The number of halogens is 1. The first-order chi connectivity index (χ1) is 17.2. The third kappa shape index (κ3) is 3.90. The maximum absolute atomic E-state index is 13.7. The Morgan fingerprint density at radius 1 is 1.25 bits per heavy atom. The molecule has 1 atom stereocenters. The molecule has 0 bridgehead atoms. The number of hydrogen-bond donors (Lipinski definition) is 3. The Balaban J connectivity index is 1.34. The van der Waals surface area contributed by atoms with E-state index in [0.717, 1.165) is 12.1 Å². The normalized spacial score (nSPS) is 16.9. The van der Waals surface area contributed by atoms with Gasteiger partial charge in [-0.1, -0.05) is 5.21 Å². The molecule has 36 heavy (non-hydrogen) atoms. The summed E-state index contributed by atoms with van der Waals surface area (Å²) in [5.74, 6) is -2.64. The average molecular weight is 488 g/mol. The van der Waals surface area contributed by atoms with Gasteiger partial charge in [0.05, 0.1) is 28.8 Å². The molecule has 0 aliphatic carbocycles. The molecule has 0 radical (unpaired) electrons. The minimum atomic E-state index is -0.801. The predicted molar refractivity (Wildman–Crippen MR) is 121 cm³/mol. The number of nitrogens with one attached hydrogen (secondary N) is 2. The van der Waals surface area contributed by atoms with Crippen molar-refractivity contribution in [1.82, 2.24) is 25.2 Å². The Morgan fingerprint density at radius 2 is 2.06 bits per heavy atom. The molecule has 12 nitrogen and oxygen atoms in total. The van der Waals surface area contributed by atoms with Gasteiger partial charge in [0.1, 0.15) is 17.9 Å². The summed E-state index contributed by atoms with van der Waals surface area (Å²) in [6.07, 6.45) is 1.77. The molecule has 180 valence electrons. The van der Waals surface area contributed by atoms with Crippen LogP contribution in [0.2, 0.25) is 0 Å². The highest BCUT2D eigenvalue weighted by Crippen LogP contribution is 2.29. The summed E-state index contributed by atoms with van der Waals surface area (Å²) in [5.41, 5.74) is 6.99. The summed E-state index contributed by atoms with van der Waals surface area (Å²) in [7, 11) is 0. The molecule has 3 aromatic rings. The van der Waals surface area contributed by atoms with E-state index in [1.54, 1.807) is 24.3 Å². The van der Waals surface area contributed by atoms with E-state index in [9.17, 15) is 23.6 Å². The van der Waals surface area contributed by atoms with Crippen LogP contribution in [0, 0.1) is 17.1 Å². The van der Waals surface area contributed by atoms with Crippen LogP contribution in [0.5, 0.6) is 0 Å². The quantitative estimate of drug-likeness (QED) is 0.358. The van der Waals surface area contributed by atoms with Gasteiger partial charge >= 0.3 is 0 Å². The van der Waals surface area contributed by atoms with Crippen molar-refractivity contribution in [2.24, 2.45) is 0 Å². The van der Waals surface area contributed by atoms with Gasteiger partial charge in [-0.15, -0.1) is 5.10 Å². The molecule has 13 heteroatoms. The second kappa shape index (κ2) is 8.58. The van der Waals surface area contributed by atoms with E-state index in [2.05, 4.69) is 20.9 Å². The lowest BCUT2D eigenvalue weighted by atomic mass is 10.0. The fourth-order valence-electron chi connectivity index (χ4n) is 4.17. The molecule has 0 spiro atoms. The minimum Gasteiger partial charge on any atom is -0.397 e.